The van der Waals surface area contributed by atoms with Crippen LogP contribution in [0.5, 0.6) is 11.5 Å². The molecule has 0 unspecified atom stereocenters. The average Bonchev–Trinajstić information content (AvgIpc) is 2.58. The number of Topliss-reactive ketones (excluding diaryl/α,β-unsaturated/α-hetero) is 1. The number of ketones is 1. The Labute approximate surface area is 135 Å². The summed E-state index contributed by atoms with van der Waals surface area (Å²) < 4.78 is 10.6. The van der Waals surface area contributed by atoms with Crippen LogP contribution in [0.1, 0.15) is 21.5 Å². The van der Waals surface area contributed by atoms with E-state index in [0.717, 1.165) is 5.56 Å². The van der Waals surface area contributed by atoms with Gasteiger partial charge in [-0.1, -0.05) is 35.9 Å². The van der Waals surface area contributed by atoms with Crippen LogP contribution in [0.4, 0.5) is 0 Å². The third-order valence-corrected chi connectivity index (χ3v) is 3.38. The highest BCUT2D eigenvalue weighted by atomic mass is 16.5. The molecule has 0 aliphatic carbocycles. The van der Waals surface area contributed by atoms with Crippen LogP contribution >= 0.6 is 0 Å². The maximum atomic E-state index is 12.5. The first-order valence-corrected chi connectivity index (χ1v) is 7.05. The predicted octanol–water partition coefficient (Wildman–Crippen LogP) is 3.80. The highest BCUT2D eigenvalue weighted by Crippen LogP contribution is 2.32. The summed E-state index contributed by atoms with van der Waals surface area (Å²) in [6.45, 7) is 1.90. The van der Waals surface area contributed by atoms with Crippen molar-refractivity contribution in [3.63, 3.8) is 0 Å². The summed E-state index contributed by atoms with van der Waals surface area (Å²) in [6, 6.07) is 14.4. The van der Waals surface area contributed by atoms with Crippen LogP contribution in [0.2, 0.25) is 0 Å². The van der Waals surface area contributed by atoms with Crippen LogP contribution in [0.15, 0.2) is 48.0 Å². The van der Waals surface area contributed by atoms with E-state index in [1.807, 2.05) is 19.1 Å². The average molecular weight is 307 g/mol. The van der Waals surface area contributed by atoms with Gasteiger partial charge in [-0.2, -0.15) is 5.26 Å². The predicted molar refractivity (Wildman–Crippen MR) is 88.6 cm³/mol. The molecule has 0 fully saturated rings. The van der Waals surface area contributed by atoms with Gasteiger partial charge in [0.05, 0.1) is 14.2 Å². The molecule has 0 aromatic heterocycles. The van der Waals surface area contributed by atoms with Crippen LogP contribution in [-0.2, 0) is 0 Å². The largest absolute Gasteiger partial charge is 0.493 e. The number of carbonyl (C=O) groups is 1. The Kier molecular flexibility index (Phi) is 5.16. The van der Waals surface area contributed by atoms with Gasteiger partial charge in [0, 0.05) is 11.1 Å². The quantitative estimate of drug-likeness (QED) is 0.479. The Morgan fingerprint density at radius 2 is 1.87 bits per heavy atom. The van der Waals surface area contributed by atoms with E-state index in [1.165, 1.54) is 20.3 Å². The first-order chi connectivity index (χ1) is 11.1. The number of carbonyl (C=O) groups excluding carboxylic acids is 1. The van der Waals surface area contributed by atoms with Gasteiger partial charge in [-0.05, 0) is 25.1 Å². The van der Waals surface area contributed by atoms with Crippen molar-refractivity contribution in [2.24, 2.45) is 0 Å². The number of ether oxygens (including phenoxy) is 2. The van der Waals surface area contributed by atoms with Crippen LogP contribution in [0, 0.1) is 18.3 Å². The lowest BCUT2D eigenvalue weighted by Gasteiger charge is -2.10. The highest BCUT2D eigenvalue weighted by Gasteiger charge is 2.15. The van der Waals surface area contributed by atoms with E-state index in [9.17, 15) is 10.1 Å². The zero-order valence-corrected chi connectivity index (χ0v) is 13.3. The van der Waals surface area contributed by atoms with E-state index >= 15 is 0 Å². The molecule has 0 aliphatic rings. The monoisotopic (exact) mass is 307 g/mol. The van der Waals surface area contributed by atoms with E-state index in [1.54, 1.807) is 36.4 Å². The topological polar surface area (TPSA) is 59.3 Å². The Morgan fingerprint density at radius 3 is 2.48 bits per heavy atom. The third-order valence-electron chi connectivity index (χ3n) is 3.38. The number of allylic oxidation sites excluding steroid dienone is 1. The summed E-state index contributed by atoms with van der Waals surface area (Å²) in [5.41, 5.74) is 2.11. The summed E-state index contributed by atoms with van der Waals surface area (Å²) in [4.78, 5) is 12.5. The lowest BCUT2D eigenvalue weighted by molar-refractivity contribution is 0.104. The molecular weight excluding hydrogens is 290 g/mol. The van der Waals surface area contributed by atoms with E-state index in [0.29, 0.717) is 22.6 Å². The summed E-state index contributed by atoms with van der Waals surface area (Å²) >= 11 is 0. The standard InChI is InChI=1S/C19H17NO3/c1-13-6-4-7-14(10-13)18(21)16(12-20)11-15-8-5-9-17(22-2)19(15)23-3/h4-11H,1-3H3/b16-11+. The number of benzene rings is 2. The fourth-order valence-corrected chi connectivity index (χ4v) is 2.27. The van der Waals surface area contributed by atoms with Crippen molar-refractivity contribution in [3.8, 4) is 17.6 Å². The van der Waals surface area contributed by atoms with Crippen molar-refractivity contribution in [1.82, 2.24) is 0 Å². The second-order valence-electron chi connectivity index (χ2n) is 4.95. The van der Waals surface area contributed by atoms with Crippen LogP contribution in [-0.4, -0.2) is 20.0 Å². The number of nitrogens with zero attached hydrogens (tertiary/aromatic N) is 1. The van der Waals surface area contributed by atoms with Gasteiger partial charge in [0.1, 0.15) is 11.6 Å². The molecule has 4 heteroatoms. The molecule has 0 saturated heterocycles. The number of methoxy groups -OCH3 is 2. The summed E-state index contributed by atoms with van der Waals surface area (Å²) in [5.74, 6) is 0.711. The number of hydrogen-bond acceptors (Lipinski definition) is 4. The molecule has 4 nitrogen and oxygen atoms in total. The smallest absolute Gasteiger partial charge is 0.203 e. The number of hydrogen-bond donors (Lipinski definition) is 0. The lowest BCUT2D eigenvalue weighted by atomic mass is 10.00. The fraction of sp³-hybridized carbons (Fsp3) is 0.158. The normalized spacial score (nSPS) is 10.8. The molecule has 116 valence electrons. The highest BCUT2D eigenvalue weighted by molar-refractivity contribution is 6.14. The van der Waals surface area contributed by atoms with Crippen molar-refractivity contribution < 1.29 is 14.3 Å². The molecule has 0 amide bonds. The van der Waals surface area contributed by atoms with Gasteiger partial charge in [0.25, 0.3) is 0 Å². The lowest BCUT2D eigenvalue weighted by Crippen LogP contribution is -2.02. The van der Waals surface area contributed by atoms with Gasteiger partial charge in [-0.3, -0.25) is 4.79 Å². The molecule has 23 heavy (non-hydrogen) atoms. The van der Waals surface area contributed by atoms with E-state index in [4.69, 9.17) is 9.47 Å². The zero-order chi connectivity index (χ0) is 16.8. The molecular formula is C19H17NO3. The Hall–Kier alpha value is -3.06. The van der Waals surface area contributed by atoms with Crippen molar-refractivity contribution in [2.75, 3.05) is 14.2 Å². The van der Waals surface area contributed by atoms with E-state index < -0.39 is 0 Å². The molecule has 0 spiro atoms. The van der Waals surface area contributed by atoms with Gasteiger partial charge >= 0.3 is 0 Å². The second-order valence-corrected chi connectivity index (χ2v) is 4.95. The molecule has 2 rings (SSSR count). The number of nitriles is 1. The summed E-state index contributed by atoms with van der Waals surface area (Å²) in [6.07, 6.45) is 1.52. The zero-order valence-electron chi connectivity index (χ0n) is 13.3. The maximum Gasteiger partial charge on any atom is 0.203 e. The van der Waals surface area contributed by atoms with Gasteiger partial charge < -0.3 is 9.47 Å². The number of para-hydroxylation sites is 1. The first-order valence-electron chi connectivity index (χ1n) is 7.05. The van der Waals surface area contributed by atoms with Crippen molar-refractivity contribution >= 4 is 11.9 Å². The number of rotatable bonds is 5. The minimum absolute atomic E-state index is 0.0437. The SMILES string of the molecule is COc1cccc(/C=C(\C#N)C(=O)c2cccc(C)c2)c1OC. The minimum atomic E-state index is -0.318. The van der Waals surface area contributed by atoms with Crippen LogP contribution in [0.25, 0.3) is 6.08 Å². The Balaban J connectivity index is 2.48. The molecule has 0 aliphatic heterocycles. The van der Waals surface area contributed by atoms with Gasteiger partial charge in [0.2, 0.25) is 5.78 Å². The second kappa shape index (κ2) is 7.28. The third kappa shape index (κ3) is 3.58. The van der Waals surface area contributed by atoms with Gasteiger partial charge in [-0.25, -0.2) is 0 Å². The van der Waals surface area contributed by atoms with Gasteiger partial charge in [0.15, 0.2) is 11.5 Å². The fourth-order valence-electron chi connectivity index (χ4n) is 2.27. The maximum absolute atomic E-state index is 12.5. The molecule has 0 heterocycles. The Morgan fingerprint density at radius 1 is 1.13 bits per heavy atom. The molecule has 0 N–H and O–H groups in total. The van der Waals surface area contributed by atoms with Crippen molar-refractivity contribution in [1.29, 1.82) is 5.26 Å². The summed E-state index contributed by atoms with van der Waals surface area (Å²) in [7, 11) is 3.05. The van der Waals surface area contributed by atoms with Gasteiger partial charge in [-0.15, -0.1) is 0 Å². The molecule has 0 atom stereocenters. The minimum Gasteiger partial charge on any atom is -0.493 e. The van der Waals surface area contributed by atoms with Crippen molar-refractivity contribution in [3.05, 3.63) is 64.7 Å². The van der Waals surface area contributed by atoms with E-state index in [-0.39, 0.29) is 11.4 Å². The molecule has 2 aromatic carbocycles. The molecule has 0 saturated carbocycles. The van der Waals surface area contributed by atoms with Crippen molar-refractivity contribution in [2.45, 2.75) is 6.92 Å². The Bertz CT molecular complexity index is 801. The molecule has 0 radical (unpaired) electrons. The first kappa shape index (κ1) is 16.3. The number of aryl methyl sites for hydroxylation is 1. The summed E-state index contributed by atoms with van der Waals surface area (Å²) in [5, 5.41) is 9.37. The van der Waals surface area contributed by atoms with Crippen LogP contribution in [0.3, 0.4) is 0 Å². The van der Waals surface area contributed by atoms with E-state index in [2.05, 4.69) is 0 Å². The molecule has 0 bridgehead atoms. The van der Waals surface area contributed by atoms with Crippen LogP contribution < -0.4 is 9.47 Å². The molecule has 2 aromatic rings.